The van der Waals surface area contributed by atoms with Gasteiger partial charge in [0.25, 0.3) is 5.91 Å². The molecule has 0 aliphatic carbocycles. The molecule has 1 aliphatic rings. The lowest BCUT2D eigenvalue weighted by Gasteiger charge is -2.30. The van der Waals surface area contributed by atoms with Gasteiger partial charge in [0.2, 0.25) is 5.95 Å². The van der Waals surface area contributed by atoms with E-state index in [0.29, 0.717) is 18.2 Å². The third-order valence-electron chi connectivity index (χ3n) is 5.46. The number of hydrogen-bond acceptors (Lipinski definition) is 8. The summed E-state index contributed by atoms with van der Waals surface area (Å²) in [5.74, 6) is -1.51. The van der Waals surface area contributed by atoms with Crippen molar-refractivity contribution in [1.29, 1.82) is 0 Å². The van der Waals surface area contributed by atoms with E-state index in [0.717, 1.165) is 49.6 Å². The van der Waals surface area contributed by atoms with Gasteiger partial charge in [-0.3, -0.25) is 14.5 Å². The average Bonchev–Trinajstić information content (AvgIpc) is 3.28. The lowest BCUT2D eigenvalue weighted by Crippen LogP contribution is -2.38. The van der Waals surface area contributed by atoms with E-state index in [-0.39, 0.29) is 16.4 Å². The molecule has 0 radical (unpaired) electrons. The molecule has 0 unspecified atom stereocenters. The quantitative estimate of drug-likeness (QED) is 0.363. The number of benzene rings is 1. The highest BCUT2D eigenvalue weighted by Gasteiger charge is 2.21. The van der Waals surface area contributed by atoms with Crippen LogP contribution >= 0.6 is 11.6 Å². The van der Waals surface area contributed by atoms with Crippen LogP contribution in [0.1, 0.15) is 22.5 Å². The second-order valence-corrected chi connectivity index (χ2v) is 8.42. The Morgan fingerprint density at radius 3 is 2.62 bits per heavy atom. The Morgan fingerprint density at radius 1 is 1.14 bits per heavy atom. The summed E-state index contributed by atoms with van der Waals surface area (Å²) in [5.41, 5.74) is 0.355. The summed E-state index contributed by atoms with van der Waals surface area (Å²) in [6, 6.07) is 2.16. The molecular weight excluding hydrogens is 513 g/mol. The summed E-state index contributed by atoms with van der Waals surface area (Å²) in [6.45, 7) is -0.923. The van der Waals surface area contributed by atoms with E-state index in [1.807, 2.05) is 0 Å². The van der Waals surface area contributed by atoms with Gasteiger partial charge in [0.15, 0.2) is 5.82 Å². The van der Waals surface area contributed by atoms with Gasteiger partial charge in [0.05, 0.1) is 47.1 Å². The van der Waals surface area contributed by atoms with Crippen LogP contribution in [0.3, 0.4) is 0 Å². The molecule has 0 spiro atoms. The Kier molecular flexibility index (Phi) is 6.86. The number of halogens is 4. The molecule has 3 aromatic heterocycles. The van der Waals surface area contributed by atoms with Crippen molar-refractivity contribution in [3.8, 4) is 17.0 Å². The number of amides is 1. The van der Waals surface area contributed by atoms with E-state index < -0.39 is 29.6 Å². The van der Waals surface area contributed by atoms with Crippen molar-refractivity contribution >= 4 is 29.1 Å². The van der Waals surface area contributed by atoms with Crippen LogP contribution < -0.4 is 15.0 Å². The third kappa shape index (κ3) is 5.45. The minimum absolute atomic E-state index is 0.192. The van der Waals surface area contributed by atoms with Gasteiger partial charge in [-0.15, -0.1) is 0 Å². The average molecular weight is 531 g/mol. The summed E-state index contributed by atoms with van der Waals surface area (Å²) in [4.78, 5) is 31.5. The van der Waals surface area contributed by atoms with Gasteiger partial charge >= 0.3 is 6.61 Å². The first-order valence-corrected chi connectivity index (χ1v) is 11.4. The summed E-state index contributed by atoms with van der Waals surface area (Å²) in [6.07, 6.45) is 9.88. The standard InChI is InChI=1S/C23H18ClF3N8O2/c24-15-2-3-18(37-22(26)27)19(20(15)25)16-9-28-10-17(33-16)21(36)32-14-8-31-35(12-14)11-13-6-29-23(30-7-13)34-4-1-5-34/h2-3,6-10,12,22H,1,4-5,11H2,(H,32,36). The van der Waals surface area contributed by atoms with Crippen molar-refractivity contribution in [2.75, 3.05) is 23.3 Å². The van der Waals surface area contributed by atoms with Crippen molar-refractivity contribution in [1.82, 2.24) is 29.7 Å². The minimum atomic E-state index is -3.21. The Labute approximate surface area is 213 Å². The van der Waals surface area contributed by atoms with E-state index in [9.17, 15) is 18.0 Å². The highest BCUT2D eigenvalue weighted by atomic mass is 35.5. The molecule has 190 valence electrons. The van der Waals surface area contributed by atoms with Crippen LogP contribution in [0.25, 0.3) is 11.3 Å². The zero-order valence-corrected chi connectivity index (χ0v) is 19.7. The third-order valence-corrected chi connectivity index (χ3v) is 5.75. The van der Waals surface area contributed by atoms with Gasteiger partial charge in [-0.1, -0.05) is 11.6 Å². The van der Waals surface area contributed by atoms with Crippen LogP contribution in [0.15, 0.2) is 49.3 Å². The Bertz CT molecular complexity index is 1430. The number of nitrogens with zero attached hydrogens (tertiary/aromatic N) is 7. The topological polar surface area (TPSA) is 111 Å². The monoisotopic (exact) mass is 530 g/mol. The molecule has 4 heterocycles. The van der Waals surface area contributed by atoms with Crippen molar-refractivity contribution in [2.24, 2.45) is 0 Å². The van der Waals surface area contributed by atoms with E-state index in [1.54, 1.807) is 23.3 Å². The SMILES string of the molecule is O=C(Nc1cnn(Cc2cnc(N3CCC3)nc2)c1)c1cncc(-c2c(OC(F)F)ccc(Cl)c2F)n1. The first-order chi connectivity index (χ1) is 17.9. The molecule has 1 amide bonds. The predicted octanol–water partition coefficient (Wildman–Crippen LogP) is 4.03. The molecule has 10 nitrogen and oxygen atoms in total. The van der Waals surface area contributed by atoms with Gasteiger partial charge in [0.1, 0.15) is 11.4 Å². The van der Waals surface area contributed by atoms with Gasteiger partial charge in [0, 0.05) is 37.2 Å². The largest absolute Gasteiger partial charge is 0.434 e. The predicted molar refractivity (Wildman–Crippen MR) is 127 cm³/mol. The Hall–Kier alpha value is -4.26. The molecule has 4 aromatic rings. The fourth-order valence-corrected chi connectivity index (χ4v) is 3.73. The number of alkyl halides is 2. The van der Waals surface area contributed by atoms with E-state index in [4.69, 9.17) is 11.6 Å². The van der Waals surface area contributed by atoms with Gasteiger partial charge in [-0.25, -0.2) is 19.3 Å². The second kappa shape index (κ2) is 10.4. The summed E-state index contributed by atoms with van der Waals surface area (Å²) in [7, 11) is 0. The molecule has 5 rings (SSSR count). The molecule has 37 heavy (non-hydrogen) atoms. The fraction of sp³-hybridized carbons (Fsp3) is 0.217. The summed E-state index contributed by atoms with van der Waals surface area (Å²) < 4.78 is 46.3. The molecule has 1 fully saturated rings. The molecule has 0 saturated carbocycles. The Morgan fingerprint density at radius 2 is 1.92 bits per heavy atom. The number of carbonyl (C=O) groups excluding carboxylic acids is 1. The lowest BCUT2D eigenvalue weighted by atomic mass is 10.1. The van der Waals surface area contributed by atoms with E-state index >= 15 is 0 Å². The van der Waals surface area contributed by atoms with Crippen LogP contribution in [-0.2, 0) is 6.54 Å². The van der Waals surface area contributed by atoms with E-state index in [2.05, 4.69) is 40.0 Å². The zero-order valence-electron chi connectivity index (χ0n) is 19.0. The highest BCUT2D eigenvalue weighted by molar-refractivity contribution is 6.31. The Balaban J connectivity index is 1.29. The summed E-state index contributed by atoms with van der Waals surface area (Å²) in [5, 5.41) is 6.51. The number of carbonyl (C=O) groups is 1. The van der Waals surface area contributed by atoms with Crippen molar-refractivity contribution in [3.05, 3.63) is 71.4 Å². The maximum Gasteiger partial charge on any atom is 0.387 e. The first-order valence-electron chi connectivity index (χ1n) is 11.0. The number of nitrogens with one attached hydrogen (secondary N) is 1. The van der Waals surface area contributed by atoms with Crippen LogP contribution in [0.2, 0.25) is 5.02 Å². The minimum Gasteiger partial charge on any atom is -0.434 e. The van der Waals surface area contributed by atoms with Crippen LogP contribution in [0, 0.1) is 5.82 Å². The first kappa shape index (κ1) is 24.4. The second-order valence-electron chi connectivity index (χ2n) is 8.02. The smallest absolute Gasteiger partial charge is 0.387 e. The van der Waals surface area contributed by atoms with E-state index in [1.165, 1.54) is 6.20 Å². The maximum absolute atomic E-state index is 14.7. The number of ether oxygens (including phenoxy) is 1. The number of aromatic nitrogens is 6. The number of hydrogen-bond donors (Lipinski definition) is 1. The molecule has 0 bridgehead atoms. The number of rotatable bonds is 8. The fourth-order valence-electron chi connectivity index (χ4n) is 3.57. The van der Waals surface area contributed by atoms with Crippen molar-refractivity contribution in [2.45, 2.75) is 19.6 Å². The normalized spacial score (nSPS) is 12.9. The molecular formula is C23H18ClF3N8O2. The van der Waals surface area contributed by atoms with Crippen molar-refractivity contribution < 1.29 is 22.7 Å². The molecule has 1 N–H and O–H groups in total. The molecule has 0 atom stereocenters. The zero-order chi connectivity index (χ0) is 25.9. The number of anilines is 2. The highest BCUT2D eigenvalue weighted by Crippen LogP contribution is 2.36. The maximum atomic E-state index is 14.7. The lowest BCUT2D eigenvalue weighted by molar-refractivity contribution is -0.0495. The van der Waals surface area contributed by atoms with Gasteiger partial charge < -0.3 is 15.0 Å². The molecule has 1 aliphatic heterocycles. The molecule has 1 aromatic carbocycles. The summed E-state index contributed by atoms with van der Waals surface area (Å²) >= 11 is 5.81. The van der Waals surface area contributed by atoms with Gasteiger partial charge in [-0.05, 0) is 18.6 Å². The molecule has 14 heteroatoms. The molecule has 1 saturated heterocycles. The van der Waals surface area contributed by atoms with Crippen LogP contribution in [0.4, 0.5) is 24.8 Å². The van der Waals surface area contributed by atoms with Crippen LogP contribution in [-0.4, -0.2) is 55.3 Å². The van der Waals surface area contributed by atoms with Crippen molar-refractivity contribution in [3.63, 3.8) is 0 Å². The van der Waals surface area contributed by atoms with Gasteiger partial charge in [-0.2, -0.15) is 13.9 Å². The van der Waals surface area contributed by atoms with Crippen LogP contribution in [0.5, 0.6) is 5.75 Å².